The predicted molar refractivity (Wildman–Crippen MR) is 99.4 cm³/mol. The third-order valence-electron chi connectivity index (χ3n) is 4.39. The van der Waals surface area contributed by atoms with Crippen molar-refractivity contribution < 1.29 is 17.9 Å². The summed E-state index contributed by atoms with van der Waals surface area (Å²) in [6.07, 6.45) is 2.50. The molecule has 1 aliphatic heterocycles. The molecule has 144 valence electrons. The van der Waals surface area contributed by atoms with Crippen LogP contribution in [0.25, 0.3) is 0 Å². The van der Waals surface area contributed by atoms with E-state index in [0.717, 1.165) is 31.1 Å². The number of nitrogens with zero attached hydrogens (tertiary/aromatic N) is 1. The van der Waals surface area contributed by atoms with Crippen molar-refractivity contribution in [3.05, 3.63) is 35.4 Å². The van der Waals surface area contributed by atoms with Crippen LogP contribution in [0, 0.1) is 0 Å². The molecule has 0 radical (unpaired) electrons. The van der Waals surface area contributed by atoms with E-state index in [-0.39, 0.29) is 6.42 Å². The maximum absolute atomic E-state index is 13.2. The average Bonchev–Trinajstić information content (AvgIpc) is 2.84. The van der Waals surface area contributed by atoms with Gasteiger partial charge in [-0.15, -0.1) is 18.3 Å². The zero-order valence-corrected chi connectivity index (χ0v) is 16.3. The zero-order chi connectivity index (χ0) is 19.1. The summed E-state index contributed by atoms with van der Waals surface area (Å²) < 4.78 is 45.5. The molecule has 0 spiro atoms. The molecule has 1 saturated heterocycles. The molecule has 1 aliphatic rings. The number of halogens is 3. The summed E-state index contributed by atoms with van der Waals surface area (Å²) in [5.41, 5.74) is 0.611. The summed E-state index contributed by atoms with van der Waals surface area (Å²) in [6.45, 7) is 8.66. The van der Waals surface area contributed by atoms with E-state index in [1.54, 1.807) is 20.4 Å². The standard InChI is InChI=1S/C18H29F3N2OS/c1-6-8-14-10-11-23(17(14,3)24-5)13-15(12-22-4)25-16(9-7-2)18(19,20)21/h7-8,12,16,22H,2,6,9-11,13H2,1,3-5H3/b14-8-,15-12-. The number of hydrogen-bond acceptors (Lipinski definition) is 4. The molecule has 0 aliphatic carbocycles. The van der Waals surface area contributed by atoms with Crippen molar-refractivity contribution in [3.63, 3.8) is 0 Å². The van der Waals surface area contributed by atoms with Crippen molar-refractivity contribution in [2.45, 2.75) is 50.3 Å². The lowest BCUT2D eigenvalue weighted by Crippen LogP contribution is -2.44. The lowest BCUT2D eigenvalue weighted by molar-refractivity contribution is -0.127. The first-order valence-corrected chi connectivity index (χ1v) is 9.31. The van der Waals surface area contributed by atoms with Crippen LogP contribution in [-0.4, -0.2) is 49.3 Å². The molecular weight excluding hydrogens is 349 g/mol. The second kappa shape index (κ2) is 9.69. The zero-order valence-electron chi connectivity index (χ0n) is 15.4. The van der Waals surface area contributed by atoms with Crippen LogP contribution in [0.3, 0.4) is 0 Å². The summed E-state index contributed by atoms with van der Waals surface area (Å²) in [7, 11) is 3.34. The monoisotopic (exact) mass is 378 g/mol. The Balaban J connectivity index is 2.96. The third-order valence-corrected chi connectivity index (χ3v) is 5.68. The second-order valence-electron chi connectivity index (χ2n) is 6.07. The van der Waals surface area contributed by atoms with Crippen LogP contribution in [0.15, 0.2) is 35.4 Å². The number of rotatable bonds is 9. The smallest absolute Gasteiger partial charge is 0.393 e. The van der Waals surface area contributed by atoms with Gasteiger partial charge in [0, 0.05) is 38.4 Å². The van der Waals surface area contributed by atoms with Crippen LogP contribution in [0.5, 0.6) is 0 Å². The van der Waals surface area contributed by atoms with E-state index >= 15 is 0 Å². The van der Waals surface area contributed by atoms with Crippen LogP contribution in [0.1, 0.15) is 33.1 Å². The van der Waals surface area contributed by atoms with E-state index in [2.05, 4.69) is 29.8 Å². The summed E-state index contributed by atoms with van der Waals surface area (Å²) in [4.78, 5) is 2.72. The summed E-state index contributed by atoms with van der Waals surface area (Å²) in [5, 5.41) is 1.37. The van der Waals surface area contributed by atoms with Crippen molar-refractivity contribution in [3.8, 4) is 0 Å². The minimum Gasteiger partial charge on any atom is -0.393 e. The van der Waals surface area contributed by atoms with E-state index in [1.807, 2.05) is 6.92 Å². The van der Waals surface area contributed by atoms with Gasteiger partial charge in [0.05, 0.1) is 0 Å². The highest BCUT2D eigenvalue weighted by Gasteiger charge is 2.43. The first kappa shape index (κ1) is 22.1. The van der Waals surface area contributed by atoms with Gasteiger partial charge in [-0.1, -0.05) is 19.1 Å². The van der Waals surface area contributed by atoms with Crippen molar-refractivity contribution in [1.29, 1.82) is 0 Å². The van der Waals surface area contributed by atoms with E-state index in [0.29, 0.717) is 11.4 Å². The van der Waals surface area contributed by atoms with Gasteiger partial charge in [0.2, 0.25) is 0 Å². The maximum atomic E-state index is 13.2. The molecule has 0 amide bonds. The number of hydrogen-bond donors (Lipinski definition) is 1. The molecule has 1 N–H and O–H groups in total. The van der Waals surface area contributed by atoms with Gasteiger partial charge >= 0.3 is 6.18 Å². The fourth-order valence-corrected chi connectivity index (χ4v) is 4.13. The second-order valence-corrected chi connectivity index (χ2v) is 7.40. The number of ether oxygens (including phenoxy) is 1. The van der Waals surface area contributed by atoms with Crippen molar-refractivity contribution >= 4 is 11.8 Å². The Morgan fingerprint density at radius 1 is 1.52 bits per heavy atom. The normalized spacial score (nSPS) is 25.4. The first-order chi connectivity index (χ1) is 11.7. The molecule has 1 fully saturated rings. The molecule has 0 bridgehead atoms. The van der Waals surface area contributed by atoms with Gasteiger partial charge in [0.1, 0.15) is 11.0 Å². The molecule has 1 heterocycles. The molecular formula is C18H29F3N2OS. The lowest BCUT2D eigenvalue weighted by Gasteiger charge is -2.36. The first-order valence-electron chi connectivity index (χ1n) is 8.43. The Labute approximate surface area is 153 Å². The highest BCUT2D eigenvalue weighted by molar-refractivity contribution is 8.03. The van der Waals surface area contributed by atoms with Crippen LogP contribution < -0.4 is 5.32 Å². The van der Waals surface area contributed by atoms with Crippen LogP contribution in [-0.2, 0) is 4.74 Å². The third kappa shape index (κ3) is 5.79. The van der Waals surface area contributed by atoms with E-state index in [1.165, 1.54) is 11.6 Å². The van der Waals surface area contributed by atoms with Gasteiger partial charge in [-0.05, 0) is 31.8 Å². The minimum atomic E-state index is -4.27. The number of methoxy groups -OCH3 is 1. The molecule has 3 nitrogen and oxygen atoms in total. The number of likely N-dealkylation sites (tertiary alicyclic amines) is 1. The van der Waals surface area contributed by atoms with Crippen molar-refractivity contribution in [2.75, 3.05) is 27.2 Å². The Bertz CT molecular complexity index is 505. The summed E-state index contributed by atoms with van der Waals surface area (Å²) >= 11 is 0.844. The average molecular weight is 379 g/mol. The van der Waals surface area contributed by atoms with Crippen LogP contribution in [0.2, 0.25) is 0 Å². The molecule has 0 aromatic heterocycles. The molecule has 0 aromatic rings. The van der Waals surface area contributed by atoms with Gasteiger partial charge in [-0.3, -0.25) is 4.90 Å². The van der Waals surface area contributed by atoms with Crippen molar-refractivity contribution in [1.82, 2.24) is 10.2 Å². The fraction of sp³-hybridized carbons (Fsp3) is 0.667. The van der Waals surface area contributed by atoms with Crippen molar-refractivity contribution in [2.24, 2.45) is 0 Å². The highest BCUT2D eigenvalue weighted by Crippen LogP contribution is 2.40. The number of alkyl halides is 3. The molecule has 2 unspecified atom stereocenters. The Morgan fingerprint density at radius 3 is 2.68 bits per heavy atom. The predicted octanol–water partition coefficient (Wildman–Crippen LogP) is 4.69. The molecule has 7 heteroatoms. The highest BCUT2D eigenvalue weighted by atomic mass is 32.2. The van der Waals surface area contributed by atoms with E-state index in [9.17, 15) is 13.2 Å². The lowest BCUT2D eigenvalue weighted by atomic mass is 10.0. The quantitative estimate of drug-likeness (QED) is 0.588. The molecule has 0 aromatic carbocycles. The molecule has 25 heavy (non-hydrogen) atoms. The largest absolute Gasteiger partial charge is 0.401 e. The van der Waals surface area contributed by atoms with Gasteiger partial charge < -0.3 is 10.1 Å². The number of nitrogens with one attached hydrogen (secondary N) is 1. The molecule has 0 saturated carbocycles. The van der Waals surface area contributed by atoms with Gasteiger partial charge in [0.25, 0.3) is 0 Å². The Kier molecular flexibility index (Phi) is 8.57. The van der Waals surface area contributed by atoms with Gasteiger partial charge in [-0.2, -0.15) is 13.2 Å². The fourth-order valence-electron chi connectivity index (χ4n) is 2.98. The number of allylic oxidation sites excluding steroid dienone is 2. The topological polar surface area (TPSA) is 24.5 Å². The summed E-state index contributed by atoms with van der Waals surface area (Å²) in [6, 6.07) is 0. The maximum Gasteiger partial charge on any atom is 0.401 e. The molecule has 2 atom stereocenters. The molecule has 1 rings (SSSR count). The van der Waals surface area contributed by atoms with E-state index < -0.39 is 17.2 Å². The van der Waals surface area contributed by atoms with Gasteiger partial charge in [0.15, 0.2) is 0 Å². The SMILES string of the molecule is C=CCC(S/C(=C\NC)CN1CC/C(=C/CC)C1(C)OC)C(F)(F)F. The van der Waals surface area contributed by atoms with Gasteiger partial charge in [-0.25, -0.2) is 0 Å². The number of thioether (sulfide) groups is 1. The summed E-state index contributed by atoms with van der Waals surface area (Å²) in [5.74, 6) is 0. The Morgan fingerprint density at radius 2 is 2.20 bits per heavy atom. The van der Waals surface area contributed by atoms with Crippen LogP contribution in [0.4, 0.5) is 13.2 Å². The van der Waals surface area contributed by atoms with Crippen LogP contribution >= 0.6 is 11.8 Å². The Hall–Kier alpha value is -0.920. The van der Waals surface area contributed by atoms with E-state index in [4.69, 9.17) is 4.74 Å². The minimum absolute atomic E-state index is 0.113.